The van der Waals surface area contributed by atoms with Crippen LogP contribution in [0.4, 0.5) is 4.79 Å². The topological polar surface area (TPSA) is 95.9 Å². The van der Waals surface area contributed by atoms with Crippen LogP contribution in [0.2, 0.25) is 0 Å². The van der Waals surface area contributed by atoms with Crippen LogP contribution in [-0.4, -0.2) is 66.2 Å². The zero-order valence-corrected chi connectivity index (χ0v) is 13.7. The molecular weight excluding hydrogens is 296 g/mol. The molecule has 2 amide bonds. The van der Waals surface area contributed by atoms with Crippen molar-refractivity contribution in [3.63, 3.8) is 0 Å². The number of aliphatic carboxylic acids is 1. The number of rotatable bonds is 9. The van der Waals surface area contributed by atoms with Crippen LogP contribution in [-0.2, 0) is 14.3 Å². The summed E-state index contributed by atoms with van der Waals surface area (Å²) in [5.41, 5.74) is 0. The molecule has 0 bridgehead atoms. The molecular formula is C13H24N2O5S. The van der Waals surface area contributed by atoms with Crippen molar-refractivity contribution in [2.75, 3.05) is 26.2 Å². The second-order valence-corrected chi connectivity index (χ2v) is 5.68. The molecule has 7 nitrogen and oxygen atoms in total. The Balaban J connectivity index is 4.45. The highest BCUT2D eigenvalue weighted by Crippen LogP contribution is 2.07. The van der Waals surface area contributed by atoms with Gasteiger partial charge in [-0.05, 0) is 31.8 Å². The first-order valence-electron chi connectivity index (χ1n) is 6.65. The third-order valence-corrected chi connectivity index (χ3v) is 3.83. The summed E-state index contributed by atoms with van der Waals surface area (Å²) in [7, 11) is 2.86. The van der Waals surface area contributed by atoms with Gasteiger partial charge in [0.2, 0.25) is 0 Å². The molecule has 0 heterocycles. The zero-order valence-electron chi connectivity index (χ0n) is 12.9. The molecule has 21 heavy (non-hydrogen) atoms. The minimum Gasteiger partial charge on any atom is -0.480 e. The van der Waals surface area contributed by atoms with Crippen molar-refractivity contribution in [1.29, 1.82) is 0 Å². The largest absolute Gasteiger partial charge is 0.480 e. The van der Waals surface area contributed by atoms with E-state index < -0.39 is 24.0 Å². The quantitative estimate of drug-likeness (QED) is 0.619. The second kappa shape index (κ2) is 10.3. The van der Waals surface area contributed by atoms with Crippen LogP contribution in [0.25, 0.3) is 0 Å². The van der Waals surface area contributed by atoms with Crippen LogP contribution in [0.3, 0.4) is 0 Å². The summed E-state index contributed by atoms with van der Waals surface area (Å²) in [5, 5.41) is 11.5. The van der Waals surface area contributed by atoms with Crippen molar-refractivity contribution < 1.29 is 24.2 Å². The number of carbonyl (C=O) groups is 3. The normalized spacial score (nSPS) is 13.1. The van der Waals surface area contributed by atoms with Crippen molar-refractivity contribution in [3.8, 4) is 0 Å². The number of amides is 2. The summed E-state index contributed by atoms with van der Waals surface area (Å²) in [4.78, 5) is 35.6. The maximum Gasteiger partial charge on any atom is 0.326 e. The molecule has 0 aromatic heterocycles. The van der Waals surface area contributed by atoms with E-state index in [0.717, 1.165) is 12.2 Å². The summed E-state index contributed by atoms with van der Waals surface area (Å²) >= 11 is 1.69. The van der Waals surface area contributed by atoms with Gasteiger partial charge in [0.05, 0.1) is 7.11 Å². The van der Waals surface area contributed by atoms with E-state index in [1.807, 2.05) is 13.2 Å². The average Bonchev–Trinajstić information content (AvgIpc) is 2.46. The van der Waals surface area contributed by atoms with Crippen LogP contribution in [0.1, 0.15) is 26.2 Å². The van der Waals surface area contributed by atoms with E-state index in [4.69, 9.17) is 5.11 Å². The van der Waals surface area contributed by atoms with Gasteiger partial charge in [0.25, 0.3) is 0 Å². The van der Waals surface area contributed by atoms with Crippen molar-refractivity contribution >= 4 is 29.7 Å². The Hall–Kier alpha value is -1.44. The van der Waals surface area contributed by atoms with Crippen molar-refractivity contribution in [1.82, 2.24) is 10.2 Å². The molecule has 2 N–H and O–H groups in total. The fourth-order valence-electron chi connectivity index (χ4n) is 1.55. The number of carboxylic acid groups (broad SMARTS) is 1. The van der Waals surface area contributed by atoms with Gasteiger partial charge in [-0.3, -0.25) is 4.79 Å². The van der Waals surface area contributed by atoms with Gasteiger partial charge in [0, 0.05) is 19.5 Å². The first kappa shape index (κ1) is 19.6. The molecule has 0 aliphatic heterocycles. The number of methoxy groups -OCH3 is 1. The van der Waals surface area contributed by atoms with Crippen molar-refractivity contribution in [2.45, 2.75) is 38.3 Å². The molecule has 8 heteroatoms. The number of nitrogens with zero attached hydrogens (tertiary/aromatic N) is 1. The van der Waals surface area contributed by atoms with E-state index in [2.05, 4.69) is 10.1 Å². The number of ether oxygens (including phenoxy) is 1. The highest BCUT2D eigenvalue weighted by molar-refractivity contribution is 7.98. The first-order chi connectivity index (χ1) is 9.83. The van der Waals surface area contributed by atoms with Gasteiger partial charge in [-0.1, -0.05) is 0 Å². The van der Waals surface area contributed by atoms with Gasteiger partial charge in [-0.15, -0.1) is 0 Å². The predicted molar refractivity (Wildman–Crippen MR) is 81.4 cm³/mol. The number of carbonyl (C=O) groups excluding carboxylic acids is 2. The summed E-state index contributed by atoms with van der Waals surface area (Å²) < 4.78 is 4.46. The molecule has 0 radical (unpaired) electrons. The Labute approximate surface area is 129 Å². The second-order valence-electron chi connectivity index (χ2n) is 4.70. The lowest BCUT2D eigenvalue weighted by Crippen LogP contribution is -2.49. The Bertz CT molecular complexity index is 364. The number of nitrogens with one attached hydrogen (secondary N) is 1. The summed E-state index contributed by atoms with van der Waals surface area (Å²) in [6.07, 6.45) is 2.76. The van der Waals surface area contributed by atoms with Gasteiger partial charge >= 0.3 is 18.0 Å². The van der Waals surface area contributed by atoms with Crippen LogP contribution in [0.5, 0.6) is 0 Å². The SMILES string of the molecule is COC(=O)CC[C@H](NC(=O)N(C)C(C)CCSC)C(=O)O. The maximum atomic E-state index is 12.0. The van der Waals surface area contributed by atoms with E-state index in [9.17, 15) is 14.4 Å². The minimum atomic E-state index is -1.17. The summed E-state index contributed by atoms with van der Waals surface area (Å²) in [6.45, 7) is 1.90. The number of hydrogen-bond acceptors (Lipinski definition) is 5. The molecule has 0 spiro atoms. The third kappa shape index (κ3) is 7.79. The minimum absolute atomic E-state index is 0.000773. The van der Waals surface area contributed by atoms with E-state index in [1.54, 1.807) is 18.8 Å². The Morgan fingerprint density at radius 1 is 1.33 bits per heavy atom. The molecule has 0 aromatic carbocycles. The van der Waals surface area contributed by atoms with Gasteiger partial charge < -0.3 is 20.1 Å². The predicted octanol–water partition coefficient (Wildman–Crippen LogP) is 1.18. The fourth-order valence-corrected chi connectivity index (χ4v) is 2.13. The van der Waals surface area contributed by atoms with Gasteiger partial charge in [0.1, 0.15) is 6.04 Å². The first-order valence-corrected chi connectivity index (χ1v) is 8.04. The maximum absolute atomic E-state index is 12.0. The van der Waals surface area contributed by atoms with Crippen LogP contribution < -0.4 is 5.32 Å². The Kier molecular flexibility index (Phi) is 9.60. The van der Waals surface area contributed by atoms with Gasteiger partial charge in [-0.2, -0.15) is 11.8 Å². The van der Waals surface area contributed by atoms with Crippen LogP contribution in [0.15, 0.2) is 0 Å². The third-order valence-electron chi connectivity index (χ3n) is 3.18. The highest BCUT2D eigenvalue weighted by Gasteiger charge is 2.24. The fraction of sp³-hybridized carbons (Fsp3) is 0.769. The standard InChI is InChI=1S/C13H24N2O5S/c1-9(7-8-21-4)15(2)13(19)14-10(12(17)18)5-6-11(16)20-3/h9-10H,5-8H2,1-4H3,(H,14,19)(H,17,18)/t9?,10-/m0/s1. The molecule has 0 aliphatic rings. The molecule has 122 valence electrons. The molecule has 2 atom stereocenters. The lowest BCUT2D eigenvalue weighted by Gasteiger charge is -2.26. The molecule has 0 aliphatic carbocycles. The molecule has 0 rings (SSSR count). The average molecular weight is 320 g/mol. The number of esters is 1. The van der Waals surface area contributed by atoms with E-state index in [0.29, 0.717) is 0 Å². The van der Waals surface area contributed by atoms with Gasteiger partial charge in [-0.25, -0.2) is 9.59 Å². The zero-order chi connectivity index (χ0) is 16.4. The monoisotopic (exact) mass is 320 g/mol. The highest BCUT2D eigenvalue weighted by atomic mass is 32.2. The number of carboxylic acids is 1. The Morgan fingerprint density at radius 3 is 2.43 bits per heavy atom. The van der Waals surface area contributed by atoms with Crippen molar-refractivity contribution in [2.24, 2.45) is 0 Å². The smallest absolute Gasteiger partial charge is 0.326 e. The summed E-state index contributed by atoms with van der Waals surface area (Å²) in [6, 6.07) is -1.56. The summed E-state index contributed by atoms with van der Waals surface area (Å²) in [5.74, 6) is -0.752. The lowest BCUT2D eigenvalue weighted by atomic mass is 10.1. The molecule has 0 fully saturated rings. The lowest BCUT2D eigenvalue weighted by molar-refractivity contribution is -0.142. The van der Waals surface area contributed by atoms with Crippen LogP contribution >= 0.6 is 11.8 Å². The number of urea groups is 1. The van der Waals surface area contributed by atoms with E-state index in [1.165, 1.54) is 12.0 Å². The van der Waals surface area contributed by atoms with E-state index >= 15 is 0 Å². The molecule has 0 aromatic rings. The van der Waals surface area contributed by atoms with Crippen molar-refractivity contribution in [3.05, 3.63) is 0 Å². The Morgan fingerprint density at radius 2 is 1.95 bits per heavy atom. The molecule has 0 saturated heterocycles. The number of hydrogen-bond donors (Lipinski definition) is 2. The van der Waals surface area contributed by atoms with Gasteiger partial charge in [0.15, 0.2) is 0 Å². The molecule has 1 unspecified atom stereocenters. The number of thioether (sulfide) groups is 1. The molecule has 0 saturated carbocycles. The van der Waals surface area contributed by atoms with E-state index in [-0.39, 0.29) is 18.9 Å². The van der Waals surface area contributed by atoms with Crippen LogP contribution in [0, 0.1) is 0 Å².